The maximum absolute atomic E-state index is 13.8. The molecule has 0 spiro atoms. The SMILES string of the molecule is CC(NCC(C(C)C)N(C)C)c1cc(Br)ccc1F. The summed E-state index contributed by atoms with van der Waals surface area (Å²) in [7, 11) is 4.16. The lowest BCUT2D eigenvalue weighted by Crippen LogP contribution is -2.42. The van der Waals surface area contributed by atoms with E-state index in [1.807, 2.05) is 13.0 Å². The first-order valence-electron chi connectivity index (χ1n) is 6.67. The third kappa shape index (κ3) is 4.86. The lowest BCUT2D eigenvalue weighted by molar-refractivity contribution is 0.219. The van der Waals surface area contributed by atoms with Gasteiger partial charge in [0.2, 0.25) is 0 Å². The van der Waals surface area contributed by atoms with Gasteiger partial charge >= 0.3 is 0 Å². The molecule has 0 aliphatic carbocycles. The van der Waals surface area contributed by atoms with Crippen LogP contribution in [-0.4, -0.2) is 31.6 Å². The summed E-state index contributed by atoms with van der Waals surface area (Å²) in [6, 6.07) is 5.51. The molecule has 0 fully saturated rings. The zero-order valence-corrected chi connectivity index (χ0v) is 14.0. The smallest absolute Gasteiger partial charge is 0.128 e. The topological polar surface area (TPSA) is 15.3 Å². The van der Waals surface area contributed by atoms with E-state index in [1.165, 1.54) is 6.07 Å². The number of benzene rings is 1. The van der Waals surface area contributed by atoms with Crippen molar-refractivity contribution in [2.24, 2.45) is 5.92 Å². The Morgan fingerprint density at radius 2 is 1.89 bits per heavy atom. The molecule has 1 aromatic carbocycles. The average molecular weight is 331 g/mol. The second-order valence-corrected chi connectivity index (χ2v) is 6.49. The highest BCUT2D eigenvalue weighted by Crippen LogP contribution is 2.21. The maximum Gasteiger partial charge on any atom is 0.128 e. The second-order valence-electron chi connectivity index (χ2n) is 5.57. The number of likely N-dealkylation sites (N-methyl/N-ethyl adjacent to an activating group) is 1. The van der Waals surface area contributed by atoms with Crippen LogP contribution in [0.25, 0.3) is 0 Å². The molecular weight excluding hydrogens is 307 g/mol. The van der Waals surface area contributed by atoms with E-state index >= 15 is 0 Å². The highest BCUT2D eigenvalue weighted by Gasteiger charge is 2.18. The van der Waals surface area contributed by atoms with Gasteiger partial charge in [0.15, 0.2) is 0 Å². The highest BCUT2D eigenvalue weighted by molar-refractivity contribution is 9.10. The van der Waals surface area contributed by atoms with E-state index in [2.05, 4.69) is 54.1 Å². The normalized spacial score (nSPS) is 15.0. The van der Waals surface area contributed by atoms with Gasteiger partial charge in [-0.05, 0) is 45.1 Å². The van der Waals surface area contributed by atoms with E-state index in [0.29, 0.717) is 17.5 Å². The molecule has 0 heterocycles. The van der Waals surface area contributed by atoms with Crippen molar-refractivity contribution in [3.63, 3.8) is 0 Å². The zero-order valence-electron chi connectivity index (χ0n) is 12.4. The van der Waals surface area contributed by atoms with Gasteiger partial charge in [-0.15, -0.1) is 0 Å². The van der Waals surface area contributed by atoms with Gasteiger partial charge in [-0.2, -0.15) is 0 Å². The van der Waals surface area contributed by atoms with E-state index in [1.54, 1.807) is 6.07 Å². The fourth-order valence-corrected chi connectivity index (χ4v) is 2.65. The molecule has 0 amide bonds. The molecule has 0 aliphatic rings. The van der Waals surface area contributed by atoms with E-state index in [-0.39, 0.29) is 11.9 Å². The van der Waals surface area contributed by atoms with Crippen molar-refractivity contribution in [3.05, 3.63) is 34.1 Å². The number of hydrogen-bond donors (Lipinski definition) is 1. The van der Waals surface area contributed by atoms with E-state index in [9.17, 15) is 4.39 Å². The minimum Gasteiger partial charge on any atom is -0.309 e. The van der Waals surface area contributed by atoms with Crippen LogP contribution in [0.5, 0.6) is 0 Å². The maximum atomic E-state index is 13.8. The van der Waals surface area contributed by atoms with Crippen LogP contribution < -0.4 is 5.32 Å². The Bertz CT molecular complexity index is 399. The summed E-state index contributed by atoms with van der Waals surface area (Å²) in [5, 5.41) is 3.43. The summed E-state index contributed by atoms with van der Waals surface area (Å²) >= 11 is 3.39. The lowest BCUT2D eigenvalue weighted by Gasteiger charge is -2.29. The number of nitrogens with one attached hydrogen (secondary N) is 1. The molecule has 2 nitrogen and oxygen atoms in total. The Hall–Kier alpha value is -0.450. The number of hydrogen-bond acceptors (Lipinski definition) is 2. The van der Waals surface area contributed by atoms with Gasteiger partial charge in [0.1, 0.15) is 5.82 Å². The fourth-order valence-electron chi connectivity index (χ4n) is 2.27. The predicted molar refractivity (Wildman–Crippen MR) is 82.8 cm³/mol. The summed E-state index contributed by atoms with van der Waals surface area (Å²) in [4.78, 5) is 2.21. The quantitative estimate of drug-likeness (QED) is 0.852. The minimum atomic E-state index is -0.158. The molecule has 0 aliphatic heterocycles. The molecule has 0 radical (unpaired) electrons. The molecular formula is C15H24BrFN2. The van der Waals surface area contributed by atoms with Crippen LogP contribution in [0.2, 0.25) is 0 Å². The van der Waals surface area contributed by atoms with Crippen LogP contribution in [0, 0.1) is 11.7 Å². The molecule has 1 rings (SSSR count). The second kappa shape index (κ2) is 7.36. The standard InChI is InChI=1S/C15H24BrFN2/c1-10(2)15(19(4)5)9-18-11(3)13-8-12(16)6-7-14(13)17/h6-8,10-11,15,18H,9H2,1-5H3. The summed E-state index contributed by atoms with van der Waals surface area (Å²) in [6.45, 7) is 7.25. The van der Waals surface area contributed by atoms with Crippen LogP contribution in [0.1, 0.15) is 32.4 Å². The first-order valence-corrected chi connectivity index (χ1v) is 7.47. The van der Waals surface area contributed by atoms with Gasteiger partial charge in [0.05, 0.1) is 0 Å². The molecule has 0 aromatic heterocycles. The Morgan fingerprint density at radius 3 is 2.42 bits per heavy atom. The third-order valence-corrected chi connectivity index (χ3v) is 3.98. The molecule has 108 valence electrons. The van der Waals surface area contributed by atoms with E-state index < -0.39 is 0 Å². The van der Waals surface area contributed by atoms with Crippen molar-refractivity contribution in [2.45, 2.75) is 32.9 Å². The third-order valence-electron chi connectivity index (χ3n) is 3.49. The largest absolute Gasteiger partial charge is 0.309 e. The van der Waals surface area contributed by atoms with E-state index in [0.717, 1.165) is 11.0 Å². The van der Waals surface area contributed by atoms with Crippen molar-refractivity contribution in [1.82, 2.24) is 10.2 Å². The van der Waals surface area contributed by atoms with Crippen LogP contribution in [0.15, 0.2) is 22.7 Å². The first kappa shape index (κ1) is 16.6. The van der Waals surface area contributed by atoms with Gasteiger partial charge in [-0.3, -0.25) is 0 Å². The van der Waals surface area contributed by atoms with Gasteiger partial charge in [-0.25, -0.2) is 4.39 Å². The summed E-state index contributed by atoms with van der Waals surface area (Å²) < 4.78 is 14.7. The molecule has 19 heavy (non-hydrogen) atoms. The Balaban J connectivity index is 2.69. The predicted octanol–water partition coefficient (Wildman–Crippen LogP) is 3.83. The number of rotatable bonds is 6. The van der Waals surface area contributed by atoms with Crippen LogP contribution >= 0.6 is 15.9 Å². The van der Waals surface area contributed by atoms with E-state index in [4.69, 9.17) is 0 Å². The van der Waals surface area contributed by atoms with Crippen LogP contribution in [0.3, 0.4) is 0 Å². The Kier molecular flexibility index (Phi) is 6.43. The molecule has 2 unspecified atom stereocenters. The van der Waals surface area contributed by atoms with Crippen LogP contribution in [-0.2, 0) is 0 Å². The Labute approximate surface area is 124 Å². The van der Waals surface area contributed by atoms with Gasteiger partial charge < -0.3 is 10.2 Å². The summed E-state index contributed by atoms with van der Waals surface area (Å²) in [5.41, 5.74) is 0.704. The summed E-state index contributed by atoms with van der Waals surface area (Å²) in [6.07, 6.45) is 0. The highest BCUT2D eigenvalue weighted by atomic mass is 79.9. The molecule has 1 aromatic rings. The van der Waals surface area contributed by atoms with Gasteiger partial charge in [0, 0.05) is 28.7 Å². The minimum absolute atomic E-state index is 0.00120. The average Bonchev–Trinajstić information content (AvgIpc) is 2.31. The lowest BCUT2D eigenvalue weighted by atomic mass is 10.0. The fraction of sp³-hybridized carbons (Fsp3) is 0.600. The van der Waals surface area contributed by atoms with Crippen molar-refractivity contribution in [1.29, 1.82) is 0 Å². The number of halogens is 2. The Morgan fingerprint density at radius 1 is 1.26 bits per heavy atom. The molecule has 4 heteroatoms. The molecule has 1 N–H and O–H groups in total. The monoisotopic (exact) mass is 330 g/mol. The van der Waals surface area contributed by atoms with Crippen molar-refractivity contribution < 1.29 is 4.39 Å². The zero-order chi connectivity index (χ0) is 14.6. The van der Waals surface area contributed by atoms with Gasteiger partial charge in [0.25, 0.3) is 0 Å². The molecule has 2 atom stereocenters. The summed E-state index contributed by atoms with van der Waals surface area (Å²) in [5.74, 6) is 0.399. The molecule has 0 saturated carbocycles. The van der Waals surface area contributed by atoms with Crippen LogP contribution in [0.4, 0.5) is 4.39 Å². The van der Waals surface area contributed by atoms with Crippen molar-refractivity contribution in [3.8, 4) is 0 Å². The first-order chi connectivity index (χ1) is 8.82. The molecule has 0 saturated heterocycles. The molecule has 0 bridgehead atoms. The number of nitrogens with zero attached hydrogens (tertiary/aromatic N) is 1. The van der Waals surface area contributed by atoms with Crippen molar-refractivity contribution in [2.75, 3.05) is 20.6 Å². The van der Waals surface area contributed by atoms with Gasteiger partial charge in [-0.1, -0.05) is 29.8 Å². The van der Waals surface area contributed by atoms with Crippen molar-refractivity contribution >= 4 is 15.9 Å².